The van der Waals surface area contributed by atoms with Crippen LogP contribution in [-0.4, -0.2) is 41.6 Å². The number of anilines is 1. The third-order valence-corrected chi connectivity index (χ3v) is 5.38. The zero-order chi connectivity index (χ0) is 18.9. The molecule has 26 heavy (non-hydrogen) atoms. The highest BCUT2D eigenvalue weighted by Crippen LogP contribution is 2.30. The molecule has 3 N–H and O–H groups in total. The summed E-state index contributed by atoms with van der Waals surface area (Å²) in [4.78, 5) is 2.75. The van der Waals surface area contributed by atoms with Crippen molar-refractivity contribution in [1.29, 1.82) is 5.26 Å². The molecule has 2 aromatic heterocycles. The molecule has 1 aromatic carbocycles. The number of benzene rings is 1. The molecular formula is C16H16FN5O3S. The van der Waals surface area contributed by atoms with Gasteiger partial charge in [-0.25, -0.2) is 12.8 Å². The number of hydrogen-bond acceptors (Lipinski definition) is 5. The number of aliphatic hydroxyl groups is 1. The SMILES string of the molecule is Cc1ccc(NS(=O)(=O)c2cnn([C@H](CO)CF)c2)c2[nH]cc(C#N)c12. The van der Waals surface area contributed by atoms with Gasteiger partial charge in [-0.15, -0.1) is 0 Å². The number of halogens is 1. The van der Waals surface area contributed by atoms with Gasteiger partial charge >= 0.3 is 0 Å². The van der Waals surface area contributed by atoms with Crippen LogP contribution in [0.4, 0.5) is 10.1 Å². The van der Waals surface area contributed by atoms with E-state index in [9.17, 15) is 18.1 Å². The Labute approximate surface area is 148 Å². The summed E-state index contributed by atoms with van der Waals surface area (Å²) in [6, 6.07) is 4.43. The number of hydrogen-bond donors (Lipinski definition) is 3. The van der Waals surface area contributed by atoms with Crippen molar-refractivity contribution in [3.63, 3.8) is 0 Å². The van der Waals surface area contributed by atoms with Crippen molar-refractivity contribution in [3.8, 4) is 6.07 Å². The fraction of sp³-hybridized carbons (Fsp3) is 0.250. The summed E-state index contributed by atoms with van der Waals surface area (Å²) in [5.74, 6) is 0. The number of H-pyrrole nitrogens is 1. The molecule has 136 valence electrons. The number of aromatic nitrogens is 3. The molecule has 0 aliphatic rings. The maximum atomic E-state index is 12.8. The Bertz CT molecular complexity index is 1090. The second kappa shape index (κ2) is 6.78. The molecule has 0 unspecified atom stereocenters. The Morgan fingerprint density at radius 2 is 2.27 bits per heavy atom. The second-order valence-electron chi connectivity index (χ2n) is 5.75. The van der Waals surface area contributed by atoms with Gasteiger partial charge in [0, 0.05) is 17.8 Å². The monoisotopic (exact) mass is 377 g/mol. The quantitative estimate of drug-likeness (QED) is 0.605. The van der Waals surface area contributed by atoms with Crippen LogP contribution in [0, 0.1) is 18.3 Å². The molecule has 0 bridgehead atoms. The average Bonchev–Trinajstić information content (AvgIpc) is 3.26. The van der Waals surface area contributed by atoms with Crippen molar-refractivity contribution in [2.75, 3.05) is 18.0 Å². The van der Waals surface area contributed by atoms with Crippen molar-refractivity contribution in [2.24, 2.45) is 0 Å². The van der Waals surface area contributed by atoms with Crippen LogP contribution in [0.2, 0.25) is 0 Å². The highest BCUT2D eigenvalue weighted by atomic mass is 32.2. The highest BCUT2D eigenvalue weighted by molar-refractivity contribution is 7.92. The third-order valence-electron chi connectivity index (χ3n) is 4.06. The first-order valence-electron chi connectivity index (χ1n) is 7.66. The predicted molar refractivity (Wildman–Crippen MR) is 92.9 cm³/mol. The lowest BCUT2D eigenvalue weighted by molar-refractivity contribution is 0.190. The molecule has 0 aliphatic carbocycles. The van der Waals surface area contributed by atoms with Crippen LogP contribution in [0.3, 0.4) is 0 Å². The fourth-order valence-corrected chi connectivity index (χ4v) is 3.67. The van der Waals surface area contributed by atoms with E-state index >= 15 is 0 Å². The maximum Gasteiger partial charge on any atom is 0.265 e. The van der Waals surface area contributed by atoms with E-state index < -0.39 is 29.3 Å². The molecule has 10 heteroatoms. The number of nitrogens with one attached hydrogen (secondary N) is 2. The molecule has 2 heterocycles. The third kappa shape index (κ3) is 3.02. The van der Waals surface area contributed by atoms with E-state index in [1.165, 1.54) is 6.20 Å². The smallest absolute Gasteiger partial charge is 0.265 e. The first kappa shape index (κ1) is 17.9. The summed E-state index contributed by atoms with van der Waals surface area (Å²) >= 11 is 0. The second-order valence-corrected chi connectivity index (χ2v) is 7.43. The van der Waals surface area contributed by atoms with Crippen LogP contribution in [-0.2, 0) is 10.0 Å². The number of aryl methyl sites for hydroxylation is 1. The van der Waals surface area contributed by atoms with Gasteiger partial charge in [0.25, 0.3) is 10.0 Å². The van der Waals surface area contributed by atoms with Gasteiger partial charge in [-0.05, 0) is 18.6 Å². The molecule has 0 aliphatic heterocycles. The van der Waals surface area contributed by atoms with Crippen LogP contribution in [0.5, 0.6) is 0 Å². The fourth-order valence-electron chi connectivity index (χ4n) is 2.66. The number of aromatic amines is 1. The number of aliphatic hydroxyl groups excluding tert-OH is 1. The summed E-state index contributed by atoms with van der Waals surface area (Å²) < 4.78 is 41.6. The zero-order valence-corrected chi connectivity index (χ0v) is 14.6. The van der Waals surface area contributed by atoms with E-state index in [-0.39, 0.29) is 10.6 Å². The van der Waals surface area contributed by atoms with E-state index in [1.807, 2.05) is 6.92 Å². The minimum absolute atomic E-state index is 0.162. The topological polar surface area (TPSA) is 124 Å². The van der Waals surface area contributed by atoms with Gasteiger partial charge in [0.2, 0.25) is 0 Å². The lowest BCUT2D eigenvalue weighted by Crippen LogP contribution is -2.16. The molecule has 0 spiro atoms. The average molecular weight is 377 g/mol. The van der Waals surface area contributed by atoms with E-state index in [2.05, 4.69) is 20.9 Å². The lowest BCUT2D eigenvalue weighted by atomic mass is 10.1. The molecule has 0 fully saturated rings. The van der Waals surface area contributed by atoms with Crippen molar-refractivity contribution in [2.45, 2.75) is 17.9 Å². The molecule has 3 aromatic rings. The number of nitriles is 1. The highest BCUT2D eigenvalue weighted by Gasteiger charge is 2.21. The standard InChI is InChI=1S/C16H16FN5O3S/c1-10-2-3-14(16-15(10)11(5-18)6-19-16)21-26(24,25)13-7-20-22(8-13)12(4-17)9-23/h2-3,6-8,12,19,21,23H,4,9H2,1H3/t12-/m0/s1. The van der Waals surface area contributed by atoms with Crippen LogP contribution >= 0.6 is 0 Å². The number of sulfonamides is 1. The van der Waals surface area contributed by atoms with Crippen LogP contribution < -0.4 is 4.72 Å². The summed E-state index contributed by atoms with van der Waals surface area (Å²) in [5.41, 5.74) is 2.03. The molecule has 1 atom stereocenters. The van der Waals surface area contributed by atoms with Crippen molar-refractivity contribution >= 4 is 26.6 Å². The minimum atomic E-state index is -3.98. The van der Waals surface area contributed by atoms with Gasteiger partial charge in [0.15, 0.2) is 0 Å². The molecule has 3 rings (SSSR count). The van der Waals surface area contributed by atoms with Gasteiger partial charge in [-0.2, -0.15) is 10.4 Å². The summed E-state index contributed by atoms with van der Waals surface area (Å²) in [7, 11) is -3.98. The molecule has 0 saturated heterocycles. The minimum Gasteiger partial charge on any atom is -0.394 e. The van der Waals surface area contributed by atoms with E-state index in [1.54, 1.807) is 12.1 Å². The van der Waals surface area contributed by atoms with Gasteiger partial charge in [0.05, 0.1) is 29.6 Å². The molecule has 0 saturated carbocycles. The normalized spacial score (nSPS) is 12.8. The lowest BCUT2D eigenvalue weighted by Gasteiger charge is -2.10. The summed E-state index contributed by atoms with van der Waals surface area (Å²) in [6.45, 7) is 0.456. The maximum absolute atomic E-state index is 12.8. The van der Waals surface area contributed by atoms with E-state index in [0.29, 0.717) is 16.5 Å². The van der Waals surface area contributed by atoms with Gasteiger partial charge < -0.3 is 10.1 Å². The van der Waals surface area contributed by atoms with Crippen molar-refractivity contribution < 1.29 is 17.9 Å². The molecule has 0 amide bonds. The zero-order valence-electron chi connectivity index (χ0n) is 13.8. The molecule has 8 nitrogen and oxygen atoms in total. The van der Waals surface area contributed by atoms with Crippen LogP contribution in [0.1, 0.15) is 17.2 Å². The Balaban J connectivity index is 1.99. The van der Waals surface area contributed by atoms with Gasteiger partial charge in [-0.1, -0.05) is 6.07 Å². The van der Waals surface area contributed by atoms with Crippen LogP contribution in [0.25, 0.3) is 10.9 Å². The first-order valence-corrected chi connectivity index (χ1v) is 9.14. The molecular weight excluding hydrogens is 361 g/mol. The Morgan fingerprint density at radius 1 is 1.50 bits per heavy atom. The van der Waals surface area contributed by atoms with Crippen molar-refractivity contribution in [1.82, 2.24) is 14.8 Å². The predicted octanol–water partition coefficient (Wildman–Crippen LogP) is 1.85. The first-order chi connectivity index (χ1) is 12.4. The Hall–Kier alpha value is -2.90. The Morgan fingerprint density at radius 3 is 2.92 bits per heavy atom. The number of rotatable bonds is 6. The largest absolute Gasteiger partial charge is 0.394 e. The number of alkyl halides is 1. The van der Waals surface area contributed by atoms with Gasteiger partial charge in [0.1, 0.15) is 23.7 Å². The summed E-state index contributed by atoms with van der Waals surface area (Å²) in [5, 5.41) is 22.7. The van der Waals surface area contributed by atoms with Crippen LogP contribution in [0.15, 0.2) is 35.6 Å². The summed E-state index contributed by atoms with van der Waals surface area (Å²) in [6.07, 6.45) is 3.76. The van der Waals surface area contributed by atoms with E-state index in [4.69, 9.17) is 5.11 Å². The van der Waals surface area contributed by atoms with Crippen molar-refractivity contribution in [3.05, 3.63) is 41.9 Å². The number of fused-ring (bicyclic) bond motifs is 1. The Kier molecular flexibility index (Phi) is 4.67. The van der Waals surface area contributed by atoms with Gasteiger partial charge in [-0.3, -0.25) is 9.40 Å². The molecule has 0 radical (unpaired) electrons. The van der Waals surface area contributed by atoms with E-state index in [0.717, 1.165) is 22.6 Å². The number of nitrogens with zero attached hydrogens (tertiary/aromatic N) is 3.